The Balaban J connectivity index is 2.60. The van der Waals surface area contributed by atoms with E-state index in [0.717, 1.165) is 26.1 Å². The van der Waals surface area contributed by atoms with Crippen LogP contribution in [0.3, 0.4) is 0 Å². The molecule has 0 unspecified atom stereocenters. The predicted octanol–water partition coefficient (Wildman–Crippen LogP) is -0.299. The van der Waals surface area contributed by atoms with Gasteiger partial charge in [0.15, 0.2) is 0 Å². The molecule has 56 valence electrons. The maximum Gasteiger partial charge on any atom is 0.0478 e. The first-order valence-electron chi connectivity index (χ1n) is 3.39. The topological polar surface area (TPSA) is 61.3 Å². The zero-order chi connectivity index (χ0) is 6.95. The highest BCUT2D eigenvalue weighted by atomic mass is 16.5. The lowest BCUT2D eigenvalue weighted by Gasteiger charge is -1.99. The van der Waals surface area contributed by atoms with Gasteiger partial charge in [-0.15, -0.1) is 0 Å². The molecule has 3 nitrogen and oxygen atoms in total. The minimum atomic E-state index is 0.711. The third-order valence-corrected chi connectivity index (χ3v) is 0.986. The van der Waals surface area contributed by atoms with Crippen LogP contribution in [0.25, 0.3) is 0 Å². The minimum absolute atomic E-state index is 0.711. The molecule has 0 aliphatic heterocycles. The van der Waals surface area contributed by atoms with Gasteiger partial charge in [-0.1, -0.05) is 0 Å². The number of rotatable bonds is 6. The molecule has 0 bridgehead atoms. The van der Waals surface area contributed by atoms with E-state index in [1.807, 2.05) is 0 Å². The fourth-order valence-corrected chi connectivity index (χ4v) is 0.473. The van der Waals surface area contributed by atoms with E-state index < -0.39 is 0 Å². The summed E-state index contributed by atoms with van der Waals surface area (Å²) in [6, 6.07) is 0. The van der Waals surface area contributed by atoms with Crippen LogP contribution < -0.4 is 11.5 Å². The normalized spacial score (nSPS) is 10.0. The van der Waals surface area contributed by atoms with E-state index in [0.29, 0.717) is 13.1 Å². The van der Waals surface area contributed by atoms with Gasteiger partial charge in [-0.25, -0.2) is 0 Å². The van der Waals surface area contributed by atoms with E-state index in [9.17, 15) is 0 Å². The van der Waals surface area contributed by atoms with E-state index in [1.54, 1.807) is 0 Å². The minimum Gasteiger partial charge on any atom is -0.381 e. The van der Waals surface area contributed by atoms with Gasteiger partial charge in [0.1, 0.15) is 0 Å². The highest BCUT2D eigenvalue weighted by molar-refractivity contribution is 4.38. The van der Waals surface area contributed by atoms with Crippen LogP contribution in [0.5, 0.6) is 0 Å². The van der Waals surface area contributed by atoms with Crippen LogP contribution in [0.4, 0.5) is 0 Å². The Morgan fingerprint density at radius 3 is 1.67 bits per heavy atom. The van der Waals surface area contributed by atoms with Crippen LogP contribution in [0.1, 0.15) is 12.8 Å². The van der Waals surface area contributed by atoms with Gasteiger partial charge in [-0.05, 0) is 25.9 Å². The molecule has 9 heavy (non-hydrogen) atoms. The van der Waals surface area contributed by atoms with Crippen LogP contribution in [0.15, 0.2) is 0 Å². The average Bonchev–Trinajstić information content (AvgIpc) is 1.89. The van der Waals surface area contributed by atoms with Crippen LogP contribution in [-0.4, -0.2) is 26.3 Å². The highest BCUT2D eigenvalue weighted by Gasteiger charge is 1.84. The van der Waals surface area contributed by atoms with Crippen molar-refractivity contribution >= 4 is 0 Å². The van der Waals surface area contributed by atoms with Crippen LogP contribution in [-0.2, 0) is 4.74 Å². The zero-order valence-electron chi connectivity index (χ0n) is 5.81. The lowest BCUT2D eigenvalue weighted by Crippen LogP contribution is -2.08. The van der Waals surface area contributed by atoms with Crippen molar-refractivity contribution in [2.45, 2.75) is 12.8 Å². The molecule has 0 heterocycles. The van der Waals surface area contributed by atoms with Gasteiger partial charge in [0, 0.05) is 13.2 Å². The monoisotopic (exact) mass is 132 g/mol. The van der Waals surface area contributed by atoms with Crippen LogP contribution >= 0.6 is 0 Å². The second-order valence-corrected chi connectivity index (χ2v) is 1.90. The summed E-state index contributed by atoms with van der Waals surface area (Å²) in [7, 11) is 0. The van der Waals surface area contributed by atoms with Crippen molar-refractivity contribution < 1.29 is 4.74 Å². The summed E-state index contributed by atoms with van der Waals surface area (Å²) in [5, 5.41) is 0. The van der Waals surface area contributed by atoms with Crippen molar-refractivity contribution in [3.8, 4) is 0 Å². The van der Waals surface area contributed by atoms with Crippen molar-refractivity contribution in [2.75, 3.05) is 26.3 Å². The molecule has 0 atom stereocenters. The summed E-state index contributed by atoms with van der Waals surface area (Å²) < 4.78 is 5.15. The van der Waals surface area contributed by atoms with Crippen molar-refractivity contribution in [1.82, 2.24) is 0 Å². The molecule has 0 amide bonds. The molecular weight excluding hydrogens is 116 g/mol. The Kier molecular flexibility index (Phi) is 7.77. The number of nitrogens with two attached hydrogens (primary N) is 2. The van der Waals surface area contributed by atoms with Gasteiger partial charge in [-0.3, -0.25) is 0 Å². The summed E-state index contributed by atoms with van der Waals surface area (Å²) in [6.07, 6.45) is 1.90. The third kappa shape index (κ3) is 7.88. The Morgan fingerprint density at radius 1 is 0.889 bits per heavy atom. The largest absolute Gasteiger partial charge is 0.381 e. The van der Waals surface area contributed by atoms with Gasteiger partial charge in [0.05, 0.1) is 0 Å². The van der Waals surface area contributed by atoms with Crippen LogP contribution in [0, 0.1) is 0 Å². The van der Waals surface area contributed by atoms with E-state index in [4.69, 9.17) is 16.2 Å². The number of hydrogen-bond donors (Lipinski definition) is 2. The molecule has 0 rings (SSSR count). The molecule has 0 saturated heterocycles. The molecule has 4 N–H and O–H groups in total. The van der Waals surface area contributed by atoms with Crippen molar-refractivity contribution in [1.29, 1.82) is 0 Å². The van der Waals surface area contributed by atoms with Gasteiger partial charge < -0.3 is 16.2 Å². The lowest BCUT2D eigenvalue weighted by molar-refractivity contribution is 0.132. The molecule has 0 aromatic rings. The Labute approximate surface area is 56.4 Å². The number of ether oxygens (including phenoxy) is 1. The standard InChI is InChI=1S/C6H16N2O/c7-3-1-5-9-6-2-4-8/h1-8H2. The molecule has 0 aliphatic carbocycles. The molecule has 0 saturated carbocycles. The maximum atomic E-state index is 5.24. The Hall–Kier alpha value is -0.120. The lowest BCUT2D eigenvalue weighted by atomic mass is 10.4. The molecule has 0 spiro atoms. The molecule has 0 aromatic carbocycles. The summed E-state index contributed by atoms with van der Waals surface area (Å²) in [5.41, 5.74) is 10.5. The predicted molar refractivity (Wildman–Crippen MR) is 38.2 cm³/mol. The van der Waals surface area contributed by atoms with E-state index in [-0.39, 0.29) is 0 Å². The summed E-state index contributed by atoms with van der Waals surface area (Å²) in [4.78, 5) is 0. The van der Waals surface area contributed by atoms with E-state index >= 15 is 0 Å². The third-order valence-electron chi connectivity index (χ3n) is 0.986. The molecular formula is C6H16N2O. The van der Waals surface area contributed by atoms with Crippen molar-refractivity contribution in [2.24, 2.45) is 11.5 Å². The summed E-state index contributed by atoms with van der Waals surface area (Å²) in [5.74, 6) is 0. The van der Waals surface area contributed by atoms with Gasteiger partial charge in [-0.2, -0.15) is 0 Å². The summed E-state index contributed by atoms with van der Waals surface area (Å²) >= 11 is 0. The fourth-order valence-electron chi connectivity index (χ4n) is 0.473. The number of hydrogen-bond acceptors (Lipinski definition) is 3. The molecule has 0 aromatic heterocycles. The first-order valence-corrected chi connectivity index (χ1v) is 3.39. The maximum absolute atomic E-state index is 5.24. The second kappa shape index (κ2) is 7.88. The van der Waals surface area contributed by atoms with Gasteiger partial charge >= 0.3 is 0 Å². The second-order valence-electron chi connectivity index (χ2n) is 1.90. The molecule has 3 heteroatoms. The quantitative estimate of drug-likeness (QED) is 0.488. The van der Waals surface area contributed by atoms with Crippen LogP contribution in [0.2, 0.25) is 0 Å². The fraction of sp³-hybridized carbons (Fsp3) is 1.00. The first-order chi connectivity index (χ1) is 4.41. The van der Waals surface area contributed by atoms with Gasteiger partial charge in [0.2, 0.25) is 0 Å². The molecule has 0 fully saturated rings. The van der Waals surface area contributed by atoms with E-state index in [1.165, 1.54) is 0 Å². The zero-order valence-corrected chi connectivity index (χ0v) is 5.81. The van der Waals surface area contributed by atoms with E-state index in [2.05, 4.69) is 0 Å². The SMILES string of the molecule is NCCCOCCCN. The molecule has 0 radical (unpaired) electrons. The van der Waals surface area contributed by atoms with Crippen molar-refractivity contribution in [3.63, 3.8) is 0 Å². The Morgan fingerprint density at radius 2 is 1.33 bits per heavy atom. The van der Waals surface area contributed by atoms with Crippen molar-refractivity contribution in [3.05, 3.63) is 0 Å². The highest BCUT2D eigenvalue weighted by Crippen LogP contribution is 1.81. The summed E-state index contributed by atoms with van der Waals surface area (Å²) in [6.45, 7) is 2.97. The molecule has 0 aliphatic rings. The Bertz CT molecular complexity index is 44.3. The average molecular weight is 132 g/mol. The van der Waals surface area contributed by atoms with Gasteiger partial charge in [0.25, 0.3) is 0 Å². The smallest absolute Gasteiger partial charge is 0.0478 e. The first kappa shape index (κ1) is 8.88.